The molecule has 0 atom stereocenters. The molecule has 5 heteroatoms. The van der Waals surface area contributed by atoms with Gasteiger partial charge in [0.05, 0.1) is 11.3 Å². The number of aromatic nitrogens is 1. The lowest BCUT2D eigenvalue weighted by Crippen LogP contribution is -2.22. The molecule has 0 radical (unpaired) electrons. The number of hydrogen-bond acceptors (Lipinski definition) is 2. The van der Waals surface area contributed by atoms with Crippen LogP contribution in [-0.2, 0) is 16.6 Å². The monoisotopic (exact) mass is 374 g/mol. The van der Waals surface area contributed by atoms with E-state index in [1.165, 1.54) is 12.1 Å². The van der Waals surface area contributed by atoms with Gasteiger partial charge in [0.1, 0.15) is 17.2 Å². The van der Waals surface area contributed by atoms with Gasteiger partial charge in [-0.15, -0.1) is 0 Å². The number of allylic oxidation sites excluding steroid dienone is 1. The molecule has 0 fully saturated rings. The van der Waals surface area contributed by atoms with E-state index in [0.717, 1.165) is 22.2 Å². The maximum absolute atomic E-state index is 13.5. The van der Waals surface area contributed by atoms with Crippen LogP contribution in [0.4, 0.5) is 10.1 Å². The Morgan fingerprint density at radius 1 is 1.11 bits per heavy atom. The van der Waals surface area contributed by atoms with Crippen molar-refractivity contribution >= 4 is 33.6 Å². The van der Waals surface area contributed by atoms with E-state index in [0.29, 0.717) is 22.6 Å². The van der Waals surface area contributed by atoms with Crippen molar-refractivity contribution < 1.29 is 13.9 Å². The molecule has 3 heterocycles. The highest BCUT2D eigenvalue weighted by atomic mass is 19.1. The topological polar surface area (TPSA) is 43.3 Å². The van der Waals surface area contributed by atoms with E-state index in [1.807, 2.05) is 39.1 Å². The molecule has 4 nitrogen and oxygen atoms in total. The smallest absolute Gasteiger partial charge is 0.260 e. The second kappa shape index (κ2) is 5.58. The van der Waals surface area contributed by atoms with Crippen LogP contribution in [0.2, 0.25) is 0 Å². The summed E-state index contributed by atoms with van der Waals surface area (Å²) in [5, 5.41) is 3.88. The molecule has 0 bridgehead atoms. The third-order valence-corrected chi connectivity index (χ3v) is 5.49. The van der Waals surface area contributed by atoms with Gasteiger partial charge in [0.25, 0.3) is 5.91 Å². The number of fused-ring (bicyclic) bond motifs is 2. The second-order valence-electron chi connectivity index (χ2n) is 7.70. The standard InChI is InChI=1S/C23H19FN2O2/c1-23(2)16(19-10-13-6-4-5-7-18(13)26(19)3)12-20(28-23)21-15-9-8-14(24)11-17(15)25-22(21)27/h4-12H,1-3H3,(H,25,27). The van der Waals surface area contributed by atoms with Gasteiger partial charge in [-0.05, 0) is 50.3 Å². The molecule has 0 saturated heterocycles. The molecule has 140 valence electrons. The lowest BCUT2D eigenvalue weighted by atomic mass is 9.96. The first-order chi connectivity index (χ1) is 13.3. The Bertz CT molecular complexity index is 1230. The van der Waals surface area contributed by atoms with Gasteiger partial charge in [-0.1, -0.05) is 18.2 Å². The summed E-state index contributed by atoms with van der Waals surface area (Å²) in [6, 6.07) is 14.6. The predicted octanol–water partition coefficient (Wildman–Crippen LogP) is 4.87. The number of anilines is 1. The first-order valence-electron chi connectivity index (χ1n) is 9.17. The van der Waals surface area contributed by atoms with Gasteiger partial charge in [0.15, 0.2) is 0 Å². The molecule has 0 spiro atoms. The van der Waals surface area contributed by atoms with Crippen molar-refractivity contribution in [3.05, 3.63) is 77.4 Å². The first-order valence-corrected chi connectivity index (χ1v) is 9.17. The van der Waals surface area contributed by atoms with Gasteiger partial charge in [-0.25, -0.2) is 4.39 Å². The normalized spacial score (nSPS) is 20.1. The van der Waals surface area contributed by atoms with Crippen molar-refractivity contribution in [1.82, 2.24) is 4.57 Å². The van der Waals surface area contributed by atoms with E-state index in [4.69, 9.17) is 4.74 Å². The number of para-hydroxylation sites is 1. The van der Waals surface area contributed by atoms with Crippen LogP contribution < -0.4 is 5.32 Å². The summed E-state index contributed by atoms with van der Waals surface area (Å²) >= 11 is 0. The summed E-state index contributed by atoms with van der Waals surface area (Å²) in [6.45, 7) is 3.98. The zero-order valence-electron chi connectivity index (χ0n) is 15.8. The van der Waals surface area contributed by atoms with Crippen LogP contribution in [-0.4, -0.2) is 16.1 Å². The SMILES string of the molecule is Cn1c(C2=CC(=C3C(=O)Nc4cc(F)ccc43)OC2(C)C)cc2ccccc21. The molecular weight excluding hydrogens is 355 g/mol. The van der Waals surface area contributed by atoms with Gasteiger partial charge in [0, 0.05) is 34.8 Å². The number of rotatable bonds is 1. The van der Waals surface area contributed by atoms with E-state index in [1.54, 1.807) is 6.07 Å². The molecule has 28 heavy (non-hydrogen) atoms. The minimum Gasteiger partial charge on any atom is -0.482 e. The highest BCUT2D eigenvalue weighted by Crippen LogP contribution is 2.45. The van der Waals surface area contributed by atoms with Gasteiger partial charge < -0.3 is 14.6 Å². The van der Waals surface area contributed by atoms with E-state index in [-0.39, 0.29) is 11.7 Å². The number of aryl methyl sites for hydroxylation is 1. The molecule has 2 aliphatic heterocycles. The predicted molar refractivity (Wildman–Crippen MR) is 108 cm³/mol. The maximum Gasteiger partial charge on any atom is 0.260 e. The molecule has 1 aromatic heterocycles. The summed E-state index contributed by atoms with van der Waals surface area (Å²) in [5.74, 6) is -0.154. The summed E-state index contributed by atoms with van der Waals surface area (Å²) in [5.41, 5.74) is 4.14. The molecular formula is C23H19FN2O2. The molecule has 2 aromatic carbocycles. The zero-order chi connectivity index (χ0) is 19.6. The fraction of sp³-hybridized carbons (Fsp3) is 0.174. The van der Waals surface area contributed by atoms with Gasteiger partial charge in [-0.2, -0.15) is 0 Å². The molecule has 5 rings (SSSR count). The van der Waals surface area contributed by atoms with Crippen LogP contribution in [0.15, 0.2) is 60.4 Å². The third-order valence-electron chi connectivity index (χ3n) is 5.49. The van der Waals surface area contributed by atoms with Crippen LogP contribution in [0.3, 0.4) is 0 Å². The number of nitrogens with one attached hydrogen (secondary N) is 1. The fourth-order valence-corrected chi connectivity index (χ4v) is 4.11. The van der Waals surface area contributed by atoms with E-state index in [9.17, 15) is 9.18 Å². The Hall–Kier alpha value is -3.34. The lowest BCUT2D eigenvalue weighted by molar-refractivity contribution is -0.111. The minimum absolute atomic E-state index is 0.277. The average molecular weight is 374 g/mol. The van der Waals surface area contributed by atoms with Crippen molar-refractivity contribution in [3.63, 3.8) is 0 Å². The molecule has 3 aromatic rings. The van der Waals surface area contributed by atoms with Crippen molar-refractivity contribution in [2.45, 2.75) is 19.4 Å². The number of halogens is 1. The van der Waals surface area contributed by atoms with Crippen molar-refractivity contribution in [1.29, 1.82) is 0 Å². The Morgan fingerprint density at radius 2 is 1.89 bits per heavy atom. The summed E-state index contributed by atoms with van der Waals surface area (Å²) in [6.07, 6.45) is 1.93. The number of carbonyl (C=O) groups excluding carboxylic acids is 1. The number of amides is 1. The van der Waals surface area contributed by atoms with Crippen LogP contribution in [0, 0.1) is 5.82 Å². The van der Waals surface area contributed by atoms with Gasteiger partial charge >= 0.3 is 0 Å². The van der Waals surface area contributed by atoms with E-state index >= 15 is 0 Å². The third kappa shape index (κ3) is 2.32. The number of ether oxygens (including phenoxy) is 1. The highest BCUT2D eigenvalue weighted by Gasteiger charge is 2.39. The number of benzene rings is 2. The average Bonchev–Trinajstić information content (AvgIpc) is 3.25. The van der Waals surface area contributed by atoms with E-state index < -0.39 is 5.60 Å². The van der Waals surface area contributed by atoms with Crippen LogP contribution in [0.5, 0.6) is 0 Å². The number of carbonyl (C=O) groups is 1. The highest BCUT2D eigenvalue weighted by molar-refractivity contribution is 6.32. The molecule has 0 saturated carbocycles. The Morgan fingerprint density at radius 3 is 2.68 bits per heavy atom. The first kappa shape index (κ1) is 16.8. The second-order valence-corrected chi connectivity index (χ2v) is 7.70. The van der Waals surface area contributed by atoms with Gasteiger partial charge in [0.2, 0.25) is 0 Å². The fourth-order valence-electron chi connectivity index (χ4n) is 4.11. The van der Waals surface area contributed by atoms with E-state index in [2.05, 4.69) is 28.1 Å². The molecule has 1 N–H and O–H groups in total. The van der Waals surface area contributed by atoms with Crippen molar-refractivity contribution in [2.75, 3.05) is 5.32 Å². The molecule has 0 aliphatic carbocycles. The maximum atomic E-state index is 13.5. The van der Waals surface area contributed by atoms with Crippen LogP contribution in [0.25, 0.3) is 22.0 Å². The minimum atomic E-state index is -0.604. The summed E-state index contributed by atoms with van der Waals surface area (Å²) in [4.78, 5) is 12.6. The Kier molecular flexibility index (Phi) is 3.35. The van der Waals surface area contributed by atoms with Crippen molar-refractivity contribution in [2.24, 2.45) is 7.05 Å². The number of nitrogens with zero attached hydrogens (tertiary/aromatic N) is 1. The molecule has 0 unspecified atom stereocenters. The largest absolute Gasteiger partial charge is 0.482 e. The van der Waals surface area contributed by atoms with Crippen LogP contribution in [0.1, 0.15) is 25.1 Å². The van der Waals surface area contributed by atoms with Crippen LogP contribution >= 0.6 is 0 Å². The summed E-state index contributed by atoms with van der Waals surface area (Å²) < 4.78 is 21.9. The lowest BCUT2D eigenvalue weighted by Gasteiger charge is -2.23. The zero-order valence-corrected chi connectivity index (χ0v) is 15.8. The Balaban J connectivity index is 1.70. The number of hydrogen-bond donors (Lipinski definition) is 1. The summed E-state index contributed by atoms with van der Waals surface area (Å²) in [7, 11) is 2.03. The van der Waals surface area contributed by atoms with Gasteiger partial charge in [-0.3, -0.25) is 4.79 Å². The molecule has 2 aliphatic rings. The van der Waals surface area contributed by atoms with Crippen molar-refractivity contribution in [3.8, 4) is 0 Å². The Labute approximate surface area is 161 Å². The quantitative estimate of drug-likeness (QED) is 0.618. The molecule has 1 amide bonds.